The number of likely N-dealkylation sites (tertiary alicyclic amines) is 1. The normalized spacial score (nSPS) is 18.6. The van der Waals surface area contributed by atoms with Crippen LogP contribution in [0.5, 0.6) is 0 Å². The van der Waals surface area contributed by atoms with E-state index < -0.39 is 0 Å². The second-order valence-electron chi connectivity index (χ2n) is 8.47. The molecule has 1 N–H and O–H groups in total. The van der Waals surface area contributed by atoms with Gasteiger partial charge in [0.1, 0.15) is 5.82 Å². The zero-order valence-electron chi connectivity index (χ0n) is 17.9. The maximum atomic E-state index is 13.4. The quantitative estimate of drug-likeness (QED) is 0.655. The van der Waals surface area contributed by atoms with Crippen molar-refractivity contribution in [3.8, 4) is 0 Å². The van der Waals surface area contributed by atoms with Crippen LogP contribution < -0.4 is 5.32 Å². The van der Waals surface area contributed by atoms with Gasteiger partial charge in [-0.25, -0.2) is 4.98 Å². The van der Waals surface area contributed by atoms with Crippen molar-refractivity contribution in [3.63, 3.8) is 0 Å². The summed E-state index contributed by atoms with van der Waals surface area (Å²) in [4.78, 5) is 24.6. The van der Waals surface area contributed by atoms with Gasteiger partial charge in [0.05, 0.1) is 17.2 Å². The first kappa shape index (κ1) is 19.5. The van der Waals surface area contributed by atoms with Crippen LogP contribution in [0.3, 0.4) is 0 Å². The number of carbonyl (C=O) groups is 1. The molecule has 5 heteroatoms. The smallest absolute Gasteiger partial charge is 0.254 e. The topological polar surface area (TPSA) is 58.1 Å². The van der Waals surface area contributed by atoms with Crippen molar-refractivity contribution >= 4 is 28.3 Å². The van der Waals surface area contributed by atoms with E-state index in [4.69, 9.17) is 4.98 Å². The Bertz CT molecular complexity index is 1220. The predicted molar refractivity (Wildman–Crippen MR) is 127 cm³/mol. The predicted octanol–water partition coefficient (Wildman–Crippen LogP) is 5.00. The minimum absolute atomic E-state index is 0. The Hall–Kier alpha value is -3.47. The van der Waals surface area contributed by atoms with Crippen LogP contribution in [0.25, 0.3) is 16.6 Å². The van der Waals surface area contributed by atoms with Crippen LogP contribution in [0.4, 0.5) is 5.82 Å². The molecule has 0 saturated carbocycles. The lowest BCUT2D eigenvalue weighted by atomic mass is 9.98. The molecular weight excluding hydrogens is 384 g/mol. The summed E-state index contributed by atoms with van der Waals surface area (Å²) in [7, 11) is 0. The maximum absolute atomic E-state index is 13.4. The second-order valence-corrected chi connectivity index (χ2v) is 8.47. The zero-order chi connectivity index (χ0) is 21.4. The molecule has 3 aromatic rings. The number of allylic oxidation sites excluding steroid dienone is 2. The molecule has 1 saturated heterocycles. The Kier molecular flexibility index (Phi) is 5.02. The summed E-state index contributed by atoms with van der Waals surface area (Å²) in [6, 6.07) is 16.5. The summed E-state index contributed by atoms with van der Waals surface area (Å²) < 4.78 is 0. The number of aryl methyl sites for hydroxylation is 1. The molecule has 1 aliphatic carbocycles. The fraction of sp³-hybridized carbons (Fsp3) is 0.269. The lowest BCUT2D eigenvalue weighted by molar-refractivity contribution is -0.125. The summed E-state index contributed by atoms with van der Waals surface area (Å²) in [5, 5.41) is 3.48. The first-order chi connectivity index (χ1) is 15.1. The van der Waals surface area contributed by atoms with Crippen LogP contribution in [0.2, 0.25) is 0 Å². The number of fused-ring (bicyclic) bond motifs is 1. The van der Waals surface area contributed by atoms with Gasteiger partial charge in [0, 0.05) is 26.1 Å². The third-order valence-electron chi connectivity index (χ3n) is 6.13. The van der Waals surface area contributed by atoms with Gasteiger partial charge in [0.15, 0.2) is 0 Å². The van der Waals surface area contributed by atoms with Crippen LogP contribution in [-0.4, -0.2) is 39.9 Å². The van der Waals surface area contributed by atoms with Gasteiger partial charge < -0.3 is 10.2 Å². The Balaban J connectivity index is 0.00000245. The van der Waals surface area contributed by atoms with Gasteiger partial charge in [0.2, 0.25) is 0 Å². The first-order valence-electron chi connectivity index (χ1n) is 10.8. The number of hydrogen-bond donors (Lipinski definition) is 1. The van der Waals surface area contributed by atoms with Crippen LogP contribution >= 0.6 is 0 Å². The second kappa shape index (κ2) is 7.99. The van der Waals surface area contributed by atoms with Crippen molar-refractivity contribution in [3.05, 3.63) is 83.1 Å². The molecule has 5 nitrogen and oxygen atoms in total. The number of anilines is 1. The van der Waals surface area contributed by atoms with E-state index in [0.29, 0.717) is 6.54 Å². The summed E-state index contributed by atoms with van der Waals surface area (Å²) in [5.41, 5.74) is 7.14. The fourth-order valence-corrected chi connectivity index (χ4v) is 4.49. The molecule has 31 heavy (non-hydrogen) atoms. The number of rotatable bonds is 4. The van der Waals surface area contributed by atoms with Crippen LogP contribution in [0, 0.1) is 6.92 Å². The molecule has 1 amide bonds. The van der Waals surface area contributed by atoms with Crippen molar-refractivity contribution in [1.82, 2.24) is 14.9 Å². The number of aromatic nitrogens is 2. The zero-order valence-corrected chi connectivity index (χ0v) is 17.9. The van der Waals surface area contributed by atoms with E-state index in [1.165, 1.54) is 5.56 Å². The van der Waals surface area contributed by atoms with Crippen molar-refractivity contribution in [2.24, 2.45) is 0 Å². The Morgan fingerprint density at radius 2 is 1.97 bits per heavy atom. The Morgan fingerprint density at radius 1 is 1.13 bits per heavy atom. The third kappa shape index (κ3) is 3.83. The lowest BCUT2D eigenvalue weighted by Gasteiger charge is -2.20. The van der Waals surface area contributed by atoms with Gasteiger partial charge in [-0.15, -0.1) is 0 Å². The lowest BCUT2D eigenvalue weighted by Crippen LogP contribution is -2.33. The van der Waals surface area contributed by atoms with Gasteiger partial charge in [-0.05, 0) is 55.5 Å². The van der Waals surface area contributed by atoms with Gasteiger partial charge in [-0.1, -0.05) is 48.0 Å². The fourth-order valence-electron chi connectivity index (χ4n) is 4.49. The number of nitrogens with zero attached hydrogens (tertiary/aromatic N) is 3. The Labute approximate surface area is 184 Å². The number of hydrogen-bond acceptors (Lipinski definition) is 4. The summed E-state index contributed by atoms with van der Waals surface area (Å²) in [6.07, 6.45) is 5.70. The van der Waals surface area contributed by atoms with E-state index in [9.17, 15) is 4.79 Å². The van der Waals surface area contributed by atoms with Gasteiger partial charge in [0.25, 0.3) is 5.91 Å². The van der Waals surface area contributed by atoms with Gasteiger partial charge >= 0.3 is 0 Å². The number of nitrogens with one attached hydrogen (secondary N) is 1. The van der Waals surface area contributed by atoms with E-state index >= 15 is 0 Å². The molecule has 2 heterocycles. The summed E-state index contributed by atoms with van der Waals surface area (Å²) in [6.45, 7) is 5.54. The average molecular weight is 413 g/mol. The van der Waals surface area contributed by atoms with Crippen LogP contribution in [0.1, 0.15) is 32.3 Å². The highest BCUT2D eigenvalue weighted by Gasteiger charge is 2.32. The van der Waals surface area contributed by atoms with E-state index in [0.717, 1.165) is 58.5 Å². The number of amides is 1. The molecular formula is C26H28N4O. The minimum Gasteiger partial charge on any atom is -0.364 e. The average Bonchev–Trinajstić information content (AvgIpc) is 3.40. The van der Waals surface area contributed by atoms with Crippen molar-refractivity contribution in [2.45, 2.75) is 32.7 Å². The third-order valence-corrected chi connectivity index (χ3v) is 6.13. The molecule has 5 rings (SSSR count). The monoisotopic (exact) mass is 412 g/mol. The molecule has 0 unspecified atom stereocenters. The standard InChI is InChI=1S/C26H26N4O.H2/c1-17-8-11-22-23(14-17)29-24(15-27-22)28-20-12-13-30(16-20)26(31)25-18(2)9-10-21(25)19-6-4-3-5-7-19;/h3-8,10-11,14-15,20H,9,12-13,16H2,1-2H3,(H,28,29);1H/t20-;/m1./s1. The van der Waals surface area contributed by atoms with Crippen LogP contribution in [-0.2, 0) is 4.79 Å². The SMILES string of the molecule is CC1=C(C(=O)N2CC[C@@H](Nc3cnc4ccc(C)cc4n3)C2)C(c2ccccc2)=CC1.[HH]. The molecule has 2 aromatic carbocycles. The van der Waals surface area contributed by atoms with Crippen LogP contribution in [0.15, 0.2) is 72.0 Å². The number of carbonyl (C=O) groups excluding carboxylic acids is 1. The maximum Gasteiger partial charge on any atom is 0.254 e. The van der Waals surface area contributed by atoms with E-state index in [2.05, 4.69) is 42.4 Å². The largest absolute Gasteiger partial charge is 0.364 e. The molecule has 2 aliphatic rings. The molecule has 0 spiro atoms. The first-order valence-corrected chi connectivity index (χ1v) is 10.8. The van der Waals surface area contributed by atoms with E-state index in [1.54, 1.807) is 6.20 Å². The van der Waals surface area contributed by atoms with Crippen molar-refractivity contribution in [2.75, 3.05) is 18.4 Å². The highest BCUT2D eigenvalue weighted by molar-refractivity contribution is 6.11. The molecule has 1 atom stereocenters. The summed E-state index contributed by atoms with van der Waals surface area (Å²) in [5.74, 6) is 0.896. The minimum atomic E-state index is 0. The van der Waals surface area contributed by atoms with Gasteiger partial charge in [-0.3, -0.25) is 9.78 Å². The van der Waals surface area contributed by atoms with Gasteiger partial charge in [-0.2, -0.15) is 0 Å². The summed E-state index contributed by atoms with van der Waals surface area (Å²) >= 11 is 0. The van der Waals surface area contributed by atoms with E-state index in [1.807, 2.05) is 41.3 Å². The van der Waals surface area contributed by atoms with Crippen molar-refractivity contribution in [1.29, 1.82) is 0 Å². The highest BCUT2D eigenvalue weighted by atomic mass is 16.2. The highest BCUT2D eigenvalue weighted by Crippen LogP contribution is 2.35. The molecule has 158 valence electrons. The molecule has 1 aliphatic heterocycles. The molecule has 0 radical (unpaired) electrons. The number of benzene rings is 2. The van der Waals surface area contributed by atoms with E-state index in [-0.39, 0.29) is 13.4 Å². The molecule has 0 bridgehead atoms. The molecule has 1 fully saturated rings. The molecule has 1 aromatic heterocycles. The van der Waals surface area contributed by atoms with Crippen molar-refractivity contribution < 1.29 is 6.22 Å². The Morgan fingerprint density at radius 3 is 2.81 bits per heavy atom.